The summed E-state index contributed by atoms with van der Waals surface area (Å²) in [7, 11) is 3.59. The van der Waals surface area contributed by atoms with Crippen LogP contribution in [-0.4, -0.2) is 25.7 Å². The summed E-state index contributed by atoms with van der Waals surface area (Å²) < 4.78 is 19.6. The van der Waals surface area contributed by atoms with Crippen molar-refractivity contribution in [2.24, 2.45) is 0 Å². The van der Waals surface area contributed by atoms with Crippen LogP contribution >= 0.6 is 0 Å². The Kier molecular flexibility index (Phi) is 4.63. The molecule has 2 N–H and O–H groups in total. The third-order valence-corrected chi connectivity index (χ3v) is 4.24. The molecule has 0 radical (unpaired) electrons. The number of aromatic amines is 1. The van der Waals surface area contributed by atoms with Crippen LogP contribution in [0.5, 0.6) is 5.75 Å². The highest BCUT2D eigenvalue weighted by molar-refractivity contribution is 5.81. The van der Waals surface area contributed by atoms with E-state index in [1.165, 1.54) is 0 Å². The van der Waals surface area contributed by atoms with Crippen LogP contribution in [0.15, 0.2) is 48.7 Å². The van der Waals surface area contributed by atoms with Gasteiger partial charge in [-0.2, -0.15) is 0 Å². The third kappa shape index (κ3) is 3.22. The number of aromatic nitrogens is 1. The second-order valence-corrected chi connectivity index (χ2v) is 5.66. The smallest absolute Gasteiger partial charge is 0.147 e. The number of nitrogens with one attached hydrogen (secondary N) is 2. The molecule has 0 aliphatic rings. The number of methoxy groups -OCH3 is 1. The lowest BCUT2D eigenvalue weighted by Gasteiger charge is -2.19. The number of hydrogen-bond donors (Lipinski definition) is 2. The predicted molar refractivity (Wildman–Crippen MR) is 91.6 cm³/mol. The van der Waals surface area contributed by atoms with Gasteiger partial charge in [0.25, 0.3) is 0 Å². The van der Waals surface area contributed by atoms with Gasteiger partial charge in [-0.3, -0.25) is 0 Å². The van der Waals surface area contributed by atoms with Crippen molar-refractivity contribution in [2.75, 3.05) is 20.7 Å². The minimum absolute atomic E-state index is 0.141. The number of hydrogen-bond acceptors (Lipinski definition) is 2. The van der Waals surface area contributed by atoms with E-state index < -0.39 is 0 Å². The van der Waals surface area contributed by atoms with Gasteiger partial charge in [0.1, 0.15) is 11.6 Å². The number of rotatable bonds is 6. The maximum absolute atomic E-state index is 14.3. The molecule has 3 aromatic rings. The van der Waals surface area contributed by atoms with E-state index in [4.69, 9.17) is 4.74 Å². The average Bonchev–Trinajstić information content (AvgIpc) is 3.05. The van der Waals surface area contributed by atoms with Crippen molar-refractivity contribution in [3.05, 3.63) is 65.6 Å². The van der Waals surface area contributed by atoms with Crippen molar-refractivity contribution in [2.45, 2.75) is 12.3 Å². The molecule has 1 aromatic heterocycles. The Balaban J connectivity index is 2.01. The van der Waals surface area contributed by atoms with Crippen molar-refractivity contribution < 1.29 is 9.13 Å². The Morgan fingerprint density at radius 1 is 1.13 bits per heavy atom. The Hall–Kier alpha value is -2.33. The minimum Gasteiger partial charge on any atom is -0.497 e. The normalized spacial score (nSPS) is 12.5. The largest absolute Gasteiger partial charge is 0.497 e. The molecule has 0 bridgehead atoms. The van der Waals surface area contributed by atoms with Crippen molar-refractivity contribution in [1.29, 1.82) is 0 Å². The number of ether oxygens (including phenoxy) is 1. The molecule has 0 saturated heterocycles. The Bertz CT molecular complexity index is 780. The van der Waals surface area contributed by atoms with Crippen LogP contribution in [0.2, 0.25) is 0 Å². The molecular formula is C19H21FN2O. The molecule has 0 fully saturated rings. The van der Waals surface area contributed by atoms with E-state index in [1.54, 1.807) is 19.4 Å². The zero-order valence-electron chi connectivity index (χ0n) is 13.4. The van der Waals surface area contributed by atoms with Gasteiger partial charge in [-0.1, -0.05) is 12.1 Å². The quantitative estimate of drug-likeness (QED) is 0.720. The van der Waals surface area contributed by atoms with E-state index in [2.05, 4.69) is 28.5 Å². The second-order valence-electron chi connectivity index (χ2n) is 5.66. The molecule has 1 heterocycles. The average molecular weight is 312 g/mol. The predicted octanol–water partition coefficient (Wildman–Crippen LogP) is 4.06. The highest BCUT2D eigenvalue weighted by atomic mass is 19.1. The molecule has 1 atom stereocenters. The van der Waals surface area contributed by atoms with Crippen molar-refractivity contribution in [1.82, 2.24) is 10.3 Å². The van der Waals surface area contributed by atoms with Crippen LogP contribution < -0.4 is 10.1 Å². The summed E-state index contributed by atoms with van der Waals surface area (Å²) in [5.74, 6) is 0.765. The number of H-pyrrole nitrogens is 1. The molecule has 0 spiro atoms. The molecule has 3 nitrogen and oxygen atoms in total. The van der Waals surface area contributed by atoms with Crippen molar-refractivity contribution >= 4 is 10.9 Å². The minimum atomic E-state index is -0.203. The van der Waals surface area contributed by atoms with E-state index in [0.717, 1.165) is 35.2 Å². The number of benzene rings is 2. The monoisotopic (exact) mass is 312 g/mol. The fourth-order valence-electron chi connectivity index (χ4n) is 3.00. The SMILES string of the molecule is CNCCC(c1ccc(OC)cc1)c1cc(F)c2[nH]ccc2c1. The molecule has 1 unspecified atom stereocenters. The summed E-state index contributed by atoms with van der Waals surface area (Å²) in [5, 5.41) is 4.09. The van der Waals surface area contributed by atoms with Crippen molar-refractivity contribution in [3.8, 4) is 5.75 Å². The fourth-order valence-corrected chi connectivity index (χ4v) is 3.00. The first kappa shape index (κ1) is 15.6. The van der Waals surface area contributed by atoms with Crippen LogP contribution in [0, 0.1) is 5.82 Å². The Morgan fingerprint density at radius 2 is 1.91 bits per heavy atom. The van der Waals surface area contributed by atoms with E-state index in [-0.39, 0.29) is 11.7 Å². The van der Waals surface area contributed by atoms with Gasteiger partial charge in [-0.25, -0.2) is 4.39 Å². The number of halogens is 1. The summed E-state index contributed by atoms with van der Waals surface area (Å²) in [6.07, 6.45) is 2.67. The first-order chi connectivity index (χ1) is 11.2. The van der Waals surface area contributed by atoms with E-state index >= 15 is 0 Å². The molecule has 0 aliphatic carbocycles. The van der Waals surface area contributed by atoms with Crippen LogP contribution in [0.25, 0.3) is 10.9 Å². The molecular weight excluding hydrogens is 291 g/mol. The van der Waals surface area contributed by atoms with Crippen LogP contribution in [0.3, 0.4) is 0 Å². The highest BCUT2D eigenvalue weighted by Crippen LogP contribution is 2.32. The summed E-state index contributed by atoms with van der Waals surface area (Å²) in [5.41, 5.74) is 2.72. The second kappa shape index (κ2) is 6.84. The van der Waals surface area contributed by atoms with Gasteiger partial charge >= 0.3 is 0 Å². The summed E-state index contributed by atoms with van der Waals surface area (Å²) >= 11 is 0. The molecule has 4 heteroatoms. The lowest BCUT2D eigenvalue weighted by Crippen LogP contribution is -2.13. The van der Waals surface area contributed by atoms with E-state index in [9.17, 15) is 4.39 Å². The zero-order chi connectivity index (χ0) is 16.2. The van der Waals surface area contributed by atoms with E-state index in [1.807, 2.05) is 25.2 Å². The number of fused-ring (bicyclic) bond motifs is 1. The fraction of sp³-hybridized carbons (Fsp3) is 0.263. The molecule has 120 valence electrons. The maximum atomic E-state index is 14.3. The molecule has 23 heavy (non-hydrogen) atoms. The van der Waals surface area contributed by atoms with Crippen LogP contribution in [0.1, 0.15) is 23.5 Å². The first-order valence-electron chi connectivity index (χ1n) is 7.78. The lowest BCUT2D eigenvalue weighted by molar-refractivity contribution is 0.414. The van der Waals surface area contributed by atoms with Gasteiger partial charge in [0.15, 0.2) is 0 Å². The molecule has 0 amide bonds. The van der Waals surface area contributed by atoms with Gasteiger partial charge in [0.2, 0.25) is 0 Å². The van der Waals surface area contributed by atoms with Gasteiger partial charge in [0, 0.05) is 17.5 Å². The molecule has 0 saturated carbocycles. The third-order valence-electron chi connectivity index (χ3n) is 4.24. The van der Waals surface area contributed by atoms with Gasteiger partial charge in [-0.05, 0) is 61.5 Å². The van der Waals surface area contributed by atoms with Crippen molar-refractivity contribution in [3.63, 3.8) is 0 Å². The van der Waals surface area contributed by atoms with E-state index in [0.29, 0.717) is 5.52 Å². The highest BCUT2D eigenvalue weighted by Gasteiger charge is 2.16. The Labute approximate surface area is 135 Å². The summed E-state index contributed by atoms with van der Waals surface area (Å²) in [6.45, 7) is 0.865. The zero-order valence-corrected chi connectivity index (χ0v) is 13.4. The topological polar surface area (TPSA) is 37.0 Å². The van der Waals surface area contributed by atoms with Crippen LogP contribution in [-0.2, 0) is 0 Å². The van der Waals surface area contributed by atoms with Crippen LogP contribution in [0.4, 0.5) is 4.39 Å². The van der Waals surface area contributed by atoms with Gasteiger partial charge in [0.05, 0.1) is 12.6 Å². The maximum Gasteiger partial charge on any atom is 0.147 e. The first-order valence-corrected chi connectivity index (χ1v) is 7.78. The molecule has 2 aromatic carbocycles. The van der Waals surface area contributed by atoms with Gasteiger partial charge in [-0.15, -0.1) is 0 Å². The standard InChI is InChI=1S/C19H21FN2O/c1-21-9-8-17(13-3-5-16(23-2)6-4-13)15-11-14-7-10-22-19(14)18(20)12-15/h3-7,10-12,17,21-22H,8-9H2,1-2H3. The summed E-state index contributed by atoms with van der Waals surface area (Å²) in [6, 6.07) is 13.6. The Morgan fingerprint density at radius 3 is 2.61 bits per heavy atom. The van der Waals surface area contributed by atoms with Gasteiger partial charge < -0.3 is 15.0 Å². The lowest BCUT2D eigenvalue weighted by atomic mass is 9.88. The summed E-state index contributed by atoms with van der Waals surface area (Å²) in [4.78, 5) is 2.95. The molecule has 3 rings (SSSR count). The molecule has 0 aliphatic heterocycles.